The van der Waals surface area contributed by atoms with E-state index >= 15 is 0 Å². The van der Waals surface area contributed by atoms with Gasteiger partial charge in [-0.05, 0) is 12.1 Å². The van der Waals surface area contributed by atoms with Crippen LogP contribution in [0.15, 0.2) is 29.4 Å². The number of rotatable bonds is 0. The number of hydrogen-bond donors (Lipinski definition) is 1. The zero-order valence-corrected chi connectivity index (χ0v) is 6.47. The highest BCUT2D eigenvalue weighted by atomic mass is 35.5. The molecule has 0 amide bonds. The third-order valence-electron chi connectivity index (χ3n) is 1.33. The molecule has 1 aromatic rings. The van der Waals surface area contributed by atoms with Crippen LogP contribution in [0.3, 0.4) is 0 Å². The molecule has 0 radical (unpaired) electrons. The summed E-state index contributed by atoms with van der Waals surface area (Å²) >= 11 is 0. The Morgan fingerprint density at radius 1 is 1.27 bits per heavy atom. The van der Waals surface area contributed by atoms with Crippen LogP contribution in [0.5, 0.6) is 5.75 Å². The Balaban J connectivity index is 0.000000605. The molecular formula is C7H7ClN2O. The number of hydrogen-bond acceptors (Lipinski definition) is 3. The first kappa shape index (κ1) is 7.88. The van der Waals surface area contributed by atoms with Gasteiger partial charge in [0.05, 0.1) is 6.21 Å². The van der Waals surface area contributed by atoms with E-state index in [2.05, 4.69) is 10.7 Å². The van der Waals surface area contributed by atoms with Crippen molar-refractivity contribution in [3.63, 3.8) is 0 Å². The Hall–Kier alpha value is -1.22. The molecule has 0 saturated carbocycles. The van der Waals surface area contributed by atoms with Crippen molar-refractivity contribution in [3.05, 3.63) is 29.8 Å². The zero-order chi connectivity index (χ0) is 6.81. The van der Waals surface area contributed by atoms with Crippen LogP contribution in [0.4, 0.5) is 0 Å². The van der Waals surface area contributed by atoms with E-state index < -0.39 is 0 Å². The largest absolute Gasteiger partial charge is 0.365 e. The molecule has 1 aliphatic rings. The summed E-state index contributed by atoms with van der Waals surface area (Å²) in [6, 6.07) is 7.69. The highest BCUT2D eigenvalue weighted by Crippen LogP contribution is 2.16. The fraction of sp³-hybridized carbons (Fsp3) is 0. The van der Waals surface area contributed by atoms with Crippen LogP contribution in [0.2, 0.25) is 0 Å². The number of nitrogens with one attached hydrogen (secondary N) is 1. The van der Waals surface area contributed by atoms with Crippen molar-refractivity contribution in [1.29, 1.82) is 0 Å². The van der Waals surface area contributed by atoms with Gasteiger partial charge in [0.2, 0.25) is 0 Å². The molecule has 2 rings (SSSR count). The topological polar surface area (TPSA) is 33.6 Å². The Morgan fingerprint density at radius 2 is 2.09 bits per heavy atom. The van der Waals surface area contributed by atoms with E-state index in [1.54, 1.807) is 6.21 Å². The standard InChI is InChI=1S/C7H6N2O.ClH/c1-2-4-7-6(3-1)5-8-9-10-7;/h1-5,9H;1H. The molecule has 1 N–H and O–H groups in total. The Labute approximate surface area is 70.4 Å². The summed E-state index contributed by atoms with van der Waals surface area (Å²) in [7, 11) is 0. The van der Waals surface area contributed by atoms with Crippen molar-refractivity contribution in [2.45, 2.75) is 0 Å². The molecule has 4 heteroatoms. The Bertz CT molecular complexity index is 275. The molecule has 1 heterocycles. The van der Waals surface area contributed by atoms with Crippen LogP contribution in [0.25, 0.3) is 0 Å². The van der Waals surface area contributed by atoms with Crippen molar-refractivity contribution in [3.8, 4) is 5.75 Å². The van der Waals surface area contributed by atoms with E-state index in [1.807, 2.05) is 24.3 Å². The summed E-state index contributed by atoms with van der Waals surface area (Å²) in [5.41, 5.74) is 3.41. The van der Waals surface area contributed by atoms with E-state index in [1.165, 1.54) is 0 Å². The van der Waals surface area contributed by atoms with Crippen LogP contribution in [0, 0.1) is 0 Å². The average molecular weight is 171 g/mol. The summed E-state index contributed by atoms with van der Waals surface area (Å²) in [5.74, 6) is 0.817. The van der Waals surface area contributed by atoms with Gasteiger partial charge in [0.15, 0.2) is 5.75 Å². The Kier molecular flexibility index (Phi) is 2.33. The van der Waals surface area contributed by atoms with Gasteiger partial charge in [-0.1, -0.05) is 12.1 Å². The van der Waals surface area contributed by atoms with Gasteiger partial charge in [0, 0.05) is 5.56 Å². The van der Waals surface area contributed by atoms with Crippen molar-refractivity contribution in [1.82, 2.24) is 5.59 Å². The second-order valence-electron chi connectivity index (χ2n) is 1.99. The first-order chi connectivity index (χ1) is 4.97. The highest BCUT2D eigenvalue weighted by molar-refractivity contribution is 5.85. The van der Waals surface area contributed by atoms with Crippen molar-refractivity contribution in [2.75, 3.05) is 0 Å². The minimum atomic E-state index is 0. The van der Waals surface area contributed by atoms with Gasteiger partial charge in [-0.15, -0.1) is 18.0 Å². The summed E-state index contributed by atoms with van der Waals surface area (Å²) < 4.78 is 0. The second-order valence-corrected chi connectivity index (χ2v) is 1.99. The van der Waals surface area contributed by atoms with E-state index in [0.717, 1.165) is 11.3 Å². The molecule has 11 heavy (non-hydrogen) atoms. The summed E-state index contributed by atoms with van der Waals surface area (Å²) in [4.78, 5) is 4.98. The molecule has 0 atom stereocenters. The maximum Gasteiger partial charge on any atom is 0.165 e. The zero-order valence-electron chi connectivity index (χ0n) is 5.65. The fourth-order valence-electron chi connectivity index (χ4n) is 0.852. The number of fused-ring (bicyclic) bond motifs is 1. The molecule has 1 aromatic carbocycles. The number of para-hydroxylation sites is 1. The van der Waals surface area contributed by atoms with Gasteiger partial charge in [-0.3, -0.25) is 0 Å². The predicted octanol–water partition coefficient (Wildman–Crippen LogP) is 1.34. The van der Waals surface area contributed by atoms with Crippen molar-refractivity contribution in [2.24, 2.45) is 5.10 Å². The fourth-order valence-corrected chi connectivity index (χ4v) is 0.852. The van der Waals surface area contributed by atoms with Crippen LogP contribution >= 0.6 is 12.4 Å². The highest BCUT2D eigenvalue weighted by Gasteiger charge is 2.02. The number of hydrazone groups is 1. The van der Waals surface area contributed by atoms with E-state index in [-0.39, 0.29) is 12.4 Å². The molecule has 0 aliphatic carbocycles. The van der Waals surface area contributed by atoms with Crippen molar-refractivity contribution >= 4 is 18.6 Å². The SMILES string of the molecule is C1=NNOc2ccccc21.Cl. The summed E-state index contributed by atoms with van der Waals surface area (Å²) in [6.45, 7) is 0. The van der Waals surface area contributed by atoms with Crippen LogP contribution in [-0.2, 0) is 0 Å². The number of benzene rings is 1. The molecule has 0 unspecified atom stereocenters. The molecule has 1 aliphatic heterocycles. The molecule has 0 fully saturated rings. The first-order valence-corrected chi connectivity index (χ1v) is 3.01. The average Bonchev–Trinajstić information content (AvgIpc) is 2.05. The molecule has 3 nitrogen and oxygen atoms in total. The lowest BCUT2D eigenvalue weighted by Crippen LogP contribution is -2.16. The number of nitrogens with zero attached hydrogens (tertiary/aromatic N) is 1. The lowest BCUT2D eigenvalue weighted by atomic mass is 10.2. The predicted molar refractivity (Wildman–Crippen MR) is 45.0 cm³/mol. The molecule has 0 bridgehead atoms. The minimum absolute atomic E-state index is 0. The van der Waals surface area contributed by atoms with Gasteiger partial charge in [0.1, 0.15) is 0 Å². The lowest BCUT2D eigenvalue weighted by molar-refractivity contribution is 0.197. The molecular weight excluding hydrogens is 164 g/mol. The molecule has 0 saturated heterocycles. The first-order valence-electron chi connectivity index (χ1n) is 3.01. The molecule has 0 spiro atoms. The Morgan fingerprint density at radius 3 is 2.91 bits per heavy atom. The van der Waals surface area contributed by atoms with Gasteiger partial charge in [-0.25, -0.2) is 0 Å². The van der Waals surface area contributed by atoms with Crippen molar-refractivity contribution < 1.29 is 4.84 Å². The van der Waals surface area contributed by atoms with Gasteiger partial charge < -0.3 is 4.84 Å². The molecule has 0 aromatic heterocycles. The number of halogens is 1. The maximum atomic E-state index is 4.98. The minimum Gasteiger partial charge on any atom is -0.365 e. The van der Waals surface area contributed by atoms with Crippen LogP contribution in [0.1, 0.15) is 5.56 Å². The monoisotopic (exact) mass is 170 g/mol. The third-order valence-corrected chi connectivity index (χ3v) is 1.33. The lowest BCUT2D eigenvalue weighted by Gasteiger charge is -2.09. The van der Waals surface area contributed by atoms with Gasteiger partial charge in [-0.2, -0.15) is 5.10 Å². The quantitative estimate of drug-likeness (QED) is 0.638. The van der Waals surface area contributed by atoms with E-state index in [0.29, 0.717) is 0 Å². The second kappa shape index (κ2) is 3.25. The third kappa shape index (κ3) is 1.43. The smallest absolute Gasteiger partial charge is 0.165 e. The summed E-state index contributed by atoms with van der Waals surface area (Å²) in [6.07, 6.45) is 1.72. The van der Waals surface area contributed by atoms with Crippen LogP contribution in [-0.4, -0.2) is 6.21 Å². The van der Waals surface area contributed by atoms with Crippen LogP contribution < -0.4 is 10.4 Å². The maximum absolute atomic E-state index is 4.98. The van der Waals surface area contributed by atoms with Gasteiger partial charge >= 0.3 is 0 Å². The van der Waals surface area contributed by atoms with Gasteiger partial charge in [0.25, 0.3) is 0 Å². The molecule has 58 valence electrons. The van der Waals surface area contributed by atoms with E-state index in [9.17, 15) is 0 Å². The van der Waals surface area contributed by atoms with E-state index in [4.69, 9.17) is 4.84 Å². The summed E-state index contributed by atoms with van der Waals surface area (Å²) in [5, 5.41) is 3.72. The normalized spacial score (nSPS) is 12.0.